The number of carbonyl (C=O) groups is 2. The van der Waals surface area contributed by atoms with Crippen LogP contribution in [0, 0.1) is 5.82 Å². The highest BCUT2D eigenvalue weighted by Gasteiger charge is 2.44. The third-order valence-electron chi connectivity index (χ3n) is 4.99. The summed E-state index contributed by atoms with van der Waals surface area (Å²) >= 11 is 0. The molecule has 0 spiro atoms. The lowest BCUT2D eigenvalue weighted by molar-refractivity contribution is -0.125. The van der Waals surface area contributed by atoms with Gasteiger partial charge in [0.25, 0.3) is 0 Å². The first-order valence-corrected chi connectivity index (χ1v) is 8.74. The maximum Gasteiger partial charge on any atom is 0.240 e. The van der Waals surface area contributed by atoms with E-state index in [1.807, 2.05) is 45.0 Å². The zero-order chi connectivity index (χ0) is 18.9. The predicted molar refractivity (Wildman–Crippen MR) is 99.6 cm³/mol. The largest absolute Gasteiger partial charge is 0.354 e. The molecule has 5 heteroatoms. The minimum atomic E-state index is -0.627. The second kappa shape index (κ2) is 6.90. The molecule has 136 valence electrons. The Morgan fingerprint density at radius 3 is 2.50 bits per heavy atom. The molecule has 26 heavy (non-hydrogen) atoms. The van der Waals surface area contributed by atoms with Crippen LogP contribution in [0.1, 0.15) is 37.8 Å². The minimum Gasteiger partial charge on any atom is -0.354 e. The Balaban J connectivity index is 1.63. The molecule has 0 saturated heterocycles. The number of halogens is 1. The monoisotopic (exact) mass is 354 g/mol. The van der Waals surface area contributed by atoms with Gasteiger partial charge in [-0.3, -0.25) is 9.59 Å². The Labute approximate surface area is 153 Å². The number of benzene rings is 2. The first-order chi connectivity index (χ1) is 12.3. The molecule has 2 aromatic carbocycles. The van der Waals surface area contributed by atoms with E-state index < -0.39 is 5.41 Å². The quantitative estimate of drug-likeness (QED) is 0.895. The van der Waals surface area contributed by atoms with Gasteiger partial charge in [-0.15, -0.1) is 0 Å². The number of nitrogens with zero attached hydrogens (tertiary/aromatic N) is 1. The number of carbonyl (C=O) groups excluding carboxylic acids is 2. The van der Waals surface area contributed by atoms with Gasteiger partial charge < -0.3 is 10.2 Å². The van der Waals surface area contributed by atoms with Gasteiger partial charge in [-0.25, -0.2) is 4.39 Å². The maximum absolute atomic E-state index is 13.0. The minimum absolute atomic E-state index is 0.00455. The molecule has 0 saturated carbocycles. The van der Waals surface area contributed by atoms with Crippen molar-refractivity contribution in [2.75, 3.05) is 18.0 Å². The van der Waals surface area contributed by atoms with Crippen LogP contribution in [0.5, 0.6) is 0 Å². The number of fused-ring (bicyclic) bond motifs is 1. The summed E-state index contributed by atoms with van der Waals surface area (Å²) in [6.07, 6.45) is 0. The standard InChI is InChI=1S/C21H23FN2O2/c1-14(15-8-10-16(22)11-9-15)12-23-19(25)13-24-18-7-5-4-6-17(18)21(2,3)20(24)26/h4-11,14H,12-13H2,1-3H3,(H,23,25). The van der Waals surface area contributed by atoms with Crippen LogP contribution in [0.4, 0.5) is 10.1 Å². The van der Waals surface area contributed by atoms with Gasteiger partial charge in [0.15, 0.2) is 0 Å². The van der Waals surface area contributed by atoms with Gasteiger partial charge in [-0.2, -0.15) is 0 Å². The van der Waals surface area contributed by atoms with Crippen molar-refractivity contribution < 1.29 is 14.0 Å². The van der Waals surface area contributed by atoms with Crippen molar-refractivity contribution in [2.24, 2.45) is 0 Å². The molecule has 0 aliphatic carbocycles. The summed E-state index contributed by atoms with van der Waals surface area (Å²) in [6.45, 7) is 6.14. The summed E-state index contributed by atoms with van der Waals surface area (Å²) in [7, 11) is 0. The lowest BCUT2D eigenvalue weighted by atomic mass is 9.86. The van der Waals surface area contributed by atoms with Crippen molar-refractivity contribution >= 4 is 17.5 Å². The van der Waals surface area contributed by atoms with Gasteiger partial charge in [0.1, 0.15) is 12.4 Å². The van der Waals surface area contributed by atoms with Crippen LogP contribution in [-0.4, -0.2) is 24.9 Å². The van der Waals surface area contributed by atoms with E-state index in [0.29, 0.717) is 6.54 Å². The Bertz CT molecular complexity index is 830. The molecule has 2 amide bonds. The van der Waals surface area contributed by atoms with E-state index in [4.69, 9.17) is 0 Å². The van der Waals surface area contributed by atoms with Gasteiger partial charge >= 0.3 is 0 Å². The average Bonchev–Trinajstić information content (AvgIpc) is 2.81. The fraction of sp³-hybridized carbons (Fsp3) is 0.333. The molecule has 4 nitrogen and oxygen atoms in total. The van der Waals surface area contributed by atoms with E-state index in [-0.39, 0.29) is 30.1 Å². The van der Waals surface area contributed by atoms with E-state index in [9.17, 15) is 14.0 Å². The molecule has 1 atom stereocenters. The van der Waals surface area contributed by atoms with Crippen LogP contribution in [-0.2, 0) is 15.0 Å². The van der Waals surface area contributed by atoms with Crippen molar-refractivity contribution in [2.45, 2.75) is 32.1 Å². The molecule has 1 aliphatic rings. The molecule has 1 unspecified atom stereocenters. The molecular formula is C21H23FN2O2. The van der Waals surface area contributed by atoms with Gasteiger partial charge in [-0.1, -0.05) is 37.3 Å². The Morgan fingerprint density at radius 1 is 1.15 bits per heavy atom. The molecule has 0 fully saturated rings. The van der Waals surface area contributed by atoms with Crippen molar-refractivity contribution in [1.29, 1.82) is 0 Å². The molecule has 1 heterocycles. The summed E-state index contributed by atoms with van der Waals surface area (Å²) in [5.41, 5.74) is 2.07. The topological polar surface area (TPSA) is 49.4 Å². The van der Waals surface area contributed by atoms with Crippen molar-refractivity contribution in [1.82, 2.24) is 5.32 Å². The average molecular weight is 354 g/mol. The zero-order valence-corrected chi connectivity index (χ0v) is 15.3. The normalized spacial score (nSPS) is 16.3. The van der Waals surface area contributed by atoms with Crippen LogP contribution in [0.15, 0.2) is 48.5 Å². The number of anilines is 1. The van der Waals surface area contributed by atoms with Crippen molar-refractivity contribution in [3.05, 3.63) is 65.5 Å². The van der Waals surface area contributed by atoms with Gasteiger partial charge in [-0.05, 0) is 49.1 Å². The maximum atomic E-state index is 13.0. The van der Waals surface area contributed by atoms with E-state index in [1.165, 1.54) is 12.1 Å². The molecule has 2 aromatic rings. The summed E-state index contributed by atoms with van der Waals surface area (Å²) < 4.78 is 13.0. The highest BCUT2D eigenvalue weighted by molar-refractivity contribution is 6.10. The van der Waals surface area contributed by atoms with Gasteiger partial charge in [0.05, 0.1) is 5.41 Å². The number of rotatable bonds is 5. The van der Waals surface area contributed by atoms with Crippen LogP contribution in [0.3, 0.4) is 0 Å². The van der Waals surface area contributed by atoms with Crippen molar-refractivity contribution in [3.63, 3.8) is 0 Å². The van der Waals surface area contributed by atoms with Gasteiger partial charge in [0, 0.05) is 12.2 Å². The third kappa shape index (κ3) is 3.34. The van der Waals surface area contributed by atoms with E-state index in [1.54, 1.807) is 17.0 Å². The smallest absolute Gasteiger partial charge is 0.240 e. The first-order valence-electron chi connectivity index (χ1n) is 8.74. The number of nitrogens with one attached hydrogen (secondary N) is 1. The van der Waals surface area contributed by atoms with Crippen LogP contribution >= 0.6 is 0 Å². The van der Waals surface area contributed by atoms with Crippen LogP contribution < -0.4 is 10.2 Å². The third-order valence-corrected chi connectivity index (χ3v) is 4.99. The SMILES string of the molecule is CC(CNC(=O)CN1C(=O)C(C)(C)c2ccccc21)c1ccc(F)cc1. The second-order valence-electron chi connectivity index (χ2n) is 7.29. The van der Waals surface area contributed by atoms with Crippen LogP contribution in [0.2, 0.25) is 0 Å². The number of hydrogen-bond donors (Lipinski definition) is 1. The zero-order valence-electron chi connectivity index (χ0n) is 15.3. The van der Waals surface area contributed by atoms with Crippen molar-refractivity contribution in [3.8, 4) is 0 Å². The Morgan fingerprint density at radius 2 is 1.81 bits per heavy atom. The number of para-hydroxylation sites is 1. The second-order valence-corrected chi connectivity index (χ2v) is 7.29. The Hall–Kier alpha value is -2.69. The first kappa shape index (κ1) is 18.1. The van der Waals surface area contributed by atoms with Crippen LogP contribution in [0.25, 0.3) is 0 Å². The molecule has 1 aliphatic heterocycles. The lowest BCUT2D eigenvalue weighted by Gasteiger charge is -2.20. The molecule has 1 N–H and O–H groups in total. The fourth-order valence-corrected chi connectivity index (χ4v) is 3.33. The highest BCUT2D eigenvalue weighted by Crippen LogP contribution is 2.40. The number of hydrogen-bond acceptors (Lipinski definition) is 2. The summed E-state index contributed by atoms with van der Waals surface area (Å²) in [4.78, 5) is 26.7. The molecule has 0 aromatic heterocycles. The Kier molecular flexibility index (Phi) is 4.81. The van der Waals surface area contributed by atoms with E-state index in [2.05, 4.69) is 5.32 Å². The highest BCUT2D eigenvalue weighted by atomic mass is 19.1. The molecule has 0 radical (unpaired) electrons. The predicted octanol–water partition coefficient (Wildman–Crippen LogP) is 3.37. The molecule has 0 bridgehead atoms. The summed E-state index contributed by atoms with van der Waals surface area (Å²) in [5.74, 6) is -0.503. The summed E-state index contributed by atoms with van der Waals surface area (Å²) in [6, 6.07) is 13.8. The molecular weight excluding hydrogens is 331 g/mol. The summed E-state index contributed by atoms with van der Waals surface area (Å²) in [5, 5.41) is 2.87. The molecule has 3 rings (SSSR count). The van der Waals surface area contributed by atoms with Gasteiger partial charge in [0.2, 0.25) is 11.8 Å². The van der Waals surface area contributed by atoms with E-state index in [0.717, 1.165) is 16.8 Å². The fourth-order valence-electron chi connectivity index (χ4n) is 3.33. The lowest BCUT2D eigenvalue weighted by Crippen LogP contribution is -2.43. The van der Waals surface area contributed by atoms with E-state index >= 15 is 0 Å². The number of amides is 2.